The van der Waals surface area contributed by atoms with Crippen molar-refractivity contribution < 1.29 is 4.79 Å². The molecule has 150 valence electrons. The van der Waals surface area contributed by atoms with Crippen LogP contribution in [0.5, 0.6) is 0 Å². The molecule has 0 spiro atoms. The molecular formula is C22H23ClN4O2. The molecule has 0 aliphatic heterocycles. The van der Waals surface area contributed by atoms with Gasteiger partial charge >= 0.3 is 0 Å². The lowest BCUT2D eigenvalue weighted by atomic mass is 10.1. The first kappa shape index (κ1) is 20.6. The molecule has 1 amide bonds. The molecule has 0 unspecified atom stereocenters. The van der Waals surface area contributed by atoms with Gasteiger partial charge in [-0.05, 0) is 48.9 Å². The number of hydrogen-bond acceptors (Lipinski definition) is 4. The molecule has 6 nitrogen and oxygen atoms in total. The standard InChI is InChI=1S/C22H23ClN4O2/c1-26(2)19-11-9-18(10-12-19)24-21(28)4-3-15-27-22(29)14-13-20(25-27)16-5-7-17(23)8-6-16/h5-14H,3-4,15H2,1-2H3,(H,24,28). The molecule has 0 aliphatic rings. The van der Waals surface area contributed by atoms with Crippen LogP contribution in [0.3, 0.4) is 0 Å². The number of carbonyl (C=O) groups excluding carboxylic acids is 1. The predicted molar refractivity (Wildman–Crippen MR) is 118 cm³/mol. The maximum Gasteiger partial charge on any atom is 0.266 e. The van der Waals surface area contributed by atoms with Gasteiger partial charge in [0.2, 0.25) is 5.91 Å². The Morgan fingerprint density at radius 1 is 1.03 bits per heavy atom. The van der Waals surface area contributed by atoms with Crippen molar-refractivity contribution in [2.24, 2.45) is 0 Å². The largest absolute Gasteiger partial charge is 0.378 e. The minimum atomic E-state index is -0.192. The van der Waals surface area contributed by atoms with Crippen molar-refractivity contribution in [3.05, 3.63) is 76.0 Å². The minimum absolute atomic E-state index is 0.0930. The van der Waals surface area contributed by atoms with Gasteiger partial charge in [-0.3, -0.25) is 9.59 Å². The summed E-state index contributed by atoms with van der Waals surface area (Å²) in [4.78, 5) is 26.3. The summed E-state index contributed by atoms with van der Waals surface area (Å²) in [6.07, 6.45) is 0.813. The maximum absolute atomic E-state index is 12.2. The summed E-state index contributed by atoms with van der Waals surface area (Å²) < 4.78 is 1.39. The van der Waals surface area contributed by atoms with Crippen LogP contribution in [0.15, 0.2) is 65.5 Å². The van der Waals surface area contributed by atoms with Crippen LogP contribution in [-0.2, 0) is 11.3 Å². The molecule has 0 atom stereocenters. The van der Waals surface area contributed by atoms with Crippen LogP contribution in [0.25, 0.3) is 11.3 Å². The molecule has 7 heteroatoms. The van der Waals surface area contributed by atoms with Gasteiger partial charge < -0.3 is 10.2 Å². The molecule has 3 aromatic rings. The van der Waals surface area contributed by atoms with Crippen LogP contribution < -0.4 is 15.8 Å². The van der Waals surface area contributed by atoms with Gasteiger partial charge in [0.1, 0.15) is 0 Å². The average molecular weight is 411 g/mol. The molecule has 0 aliphatic carbocycles. The Bertz CT molecular complexity index is 1030. The third kappa shape index (κ3) is 5.68. The van der Waals surface area contributed by atoms with E-state index in [4.69, 9.17) is 11.6 Å². The van der Waals surface area contributed by atoms with Gasteiger partial charge in [-0.25, -0.2) is 4.68 Å². The third-order valence-electron chi connectivity index (χ3n) is 4.45. The molecule has 0 saturated carbocycles. The average Bonchev–Trinajstić information content (AvgIpc) is 2.70. The van der Waals surface area contributed by atoms with Crippen molar-refractivity contribution in [2.45, 2.75) is 19.4 Å². The van der Waals surface area contributed by atoms with Crippen LogP contribution >= 0.6 is 11.6 Å². The molecule has 1 N–H and O–H groups in total. The van der Waals surface area contributed by atoms with E-state index in [0.717, 1.165) is 16.9 Å². The maximum atomic E-state index is 12.2. The highest BCUT2D eigenvalue weighted by Crippen LogP contribution is 2.19. The molecule has 1 aromatic heterocycles. The van der Waals surface area contributed by atoms with E-state index in [-0.39, 0.29) is 11.5 Å². The molecule has 0 saturated heterocycles. The molecule has 0 radical (unpaired) electrons. The van der Waals surface area contributed by atoms with E-state index in [2.05, 4.69) is 10.4 Å². The lowest BCUT2D eigenvalue weighted by Crippen LogP contribution is -2.23. The highest BCUT2D eigenvalue weighted by atomic mass is 35.5. The zero-order valence-corrected chi connectivity index (χ0v) is 17.2. The number of aromatic nitrogens is 2. The van der Waals surface area contributed by atoms with Gasteiger partial charge in [0.15, 0.2) is 0 Å². The van der Waals surface area contributed by atoms with Crippen molar-refractivity contribution in [2.75, 3.05) is 24.3 Å². The highest BCUT2D eigenvalue weighted by Gasteiger charge is 2.07. The first-order valence-corrected chi connectivity index (χ1v) is 9.71. The quantitative estimate of drug-likeness (QED) is 0.638. The van der Waals surface area contributed by atoms with E-state index in [0.29, 0.717) is 30.1 Å². The lowest BCUT2D eigenvalue weighted by molar-refractivity contribution is -0.116. The molecule has 0 fully saturated rings. The Morgan fingerprint density at radius 2 is 1.72 bits per heavy atom. The van der Waals surface area contributed by atoms with E-state index in [9.17, 15) is 9.59 Å². The number of benzene rings is 2. The first-order valence-electron chi connectivity index (χ1n) is 9.34. The fourth-order valence-electron chi connectivity index (χ4n) is 2.84. The van der Waals surface area contributed by atoms with Gasteiger partial charge in [0.25, 0.3) is 5.56 Å². The fraction of sp³-hybridized carbons (Fsp3) is 0.227. The van der Waals surface area contributed by atoms with Crippen LogP contribution in [0.4, 0.5) is 11.4 Å². The van der Waals surface area contributed by atoms with Gasteiger partial charge in [-0.1, -0.05) is 23.7 Å². The second kappa shape index (κ2) is 9.39. The van der Waals surface area contributed by atoms with Crippen molar-refractivity contribution in [3.63, 3.8) is 0 Å². The molecule has 29 heavy (non-hydrogen) atoms. The van der Waals surface area contributed by atoms with Crippen molar-refractivity contribution in [1.29, 1.82) is 0 Å². The van der Waals surface area contributed by atoms with Gasteiger partial charge in [-0.15, -0.1) is 0 Å². The monoisotopic (exact) mass is 410 g/mol. The number of amides is 1. The third-order valence-corrected chi connectivity index (χ3v) is 4.70. The summed E-state index contributed by atoms with van der Waals surface area (Å²) in [7, 11) is 3.93. The van der Waals surface area contributed by atoms with Gasteiger partial charge in [0, 0.05) is 55.1 Å². The number of nitrogens with zero attached hydrogens (tertiary/aromatic N) is 3. The predicted octanol–water partition coefficient (Wildman–Crippen LogP) is 4.05. The normalized spacial score (nSPS) is 10.6. The van der Waals surface area contributed by atoms with Crippen molar-refractivity contribution in [1.82, 2.24) is 9.78 Å². The van der Waals surface area contributed by atoms with Crippen LogP contribution in [0.1, 0.15) is 12.8 Å². The van der Waals surface area contributed by atoms with Crippen molar-refractivity contribution in [3.8, 4) is 11.3 Å². The number of rotatable bonds is 7. The van der Waals surface area contributed by atoms with Crippen LogP contribution in [-0.4, -0.2) is 29.8 Å². The number of anilines is 2. The zero-order chi connectivity index (χ0) is 20.8. The summed E-state index contributed by atoms with van der Waals surface area (Å²) in [6.45, 7) is 0.368. The van der Waals surface area contributed by atoms with E-state index in [1.165, 1.54) is 10.7 Å². The molecular weight excluding hydrogens is 388 g/mol. The Hall–Kier alpha value is -3.12. The first-order chi connectivity index (χ1) is 13.9. The smallest absolute Gasteiger partial charge is 0.266 e. The second-order valence-electron chi connectivity index (χ2n) is 6.88. The fourth-order valence-corrected chi connectivity index (χ4v) is 2.97. The zero-order valence-electron chi connectivity index (χ0n) is 16.4. The lowest BCUT2D eigenvalue weighted by Gasteiger charge is -2.13. The Balaban J connectivity index is 1.57. The van der Waals surface area contributed by atoms with E-state index in [1.54, 1.807) is 18.2 Å². The highest BCUT2D eigenvalue weighted by molar-refractivity contribution is 6.30. The van der Waals surface area contributed by atoms with Crippen LogP contribution in [0.2, 0.25) is 5.02 Å². The van der Waals surface area contributed by atoms with Gasteiger partial charge in [0.05, 0.1) is 5.69 Å². The van der Waals surface area contributed by atoms with Gasteiger partial charge in [-0.2, -0.15) is 5.10 Å². The molecule has 2 aromatic carbocycles. The summed E-state index contributed by atoms with van der Waals surface area (Å²) >= 11 is 5.92. The summed E-state index contributed by atoms with van der Waals surface area (Å²) in [5.74, 6) is -0.0930. The van der Waals surface area contributed by atoms with E-state index >= 15 is 0 Å². The Kier molecular flexibility index (Phi) is 6.67. The molecule has 0 bridgehead atoms. The Labute approximate surface area is 174 Å². The second-order valence-corrected chi connectivity index (χ2v) is 7.32. The minimum Gasteiger partial charge on any atom is -0.378 e. The number of carbonyl (C=O) groups is 1. The SMILES string of the molecule is CN(C)c1ccc(NC(=O)CCCn2nc(-c3ccc(Cl)cc3)ccc2=O)cc1. The topological polar surface area (TPSA) is 67.2 Å². The molecule has 1 heterocycles. The summed E-state index contributed by atoms with van der Waals surface area (Å²) in [5, 5.41) is 7.92. The number of nitrogens with one attached hydrogen (secondary N) is 1. The molecule has 3 rings (SSSR count). The van der Waals surface area contributed by atoms with Crippen LogP contribution in [0, 0.1) is 0 Å². The number of halogens is 1. The number of hydrogen-bond donors (Lipinski definition) is 1. The van der Waals surface area contributed by atoms with E-state index < -0.39 is 0 Å². The number of aryl methyl sites for hydroxylation is 1. The Morgan fingerprint density at radius 3 is 2.38 bits per heavy atom. The van der Waals surface area contributed by atoms with E-state index in [1.807, 2.05) is 55.4 Å². The summed E-state index contributed by atoms with van der Waals surface area (Å²) in [6, 6.07) is 18.1. The van der Waals surface area contributed by atoms with Crippen molar-refractivity contribution >= 4 is 28.9 Å². The summed E-state index contributed by atoms with van der Waals surface area (Å²) in [5.41, 5.74) is 3.19.